The molecule has 1 aliphatic rings. The molecule has 1 fully saturated rings. The molecule has 0 aromatic heterocycles. The van der Waals surface area contributed by atoms with Crippen LogP contribution in [0.1, 0.15) is 0 Å². The van der Waals surface area contributed by atoms with Crippen molar-refractivity contribution in [3.8, 4) is 0 Å². The Balaban J connectivity index is 2.20. The van der Waals surface area contributed by atoms with Crippen LogP contribution in [0.3, 0.4) is 0 Å². The zero-order valence-electron chi connectivity index (χ0n) is 10.4. The molecule has 2 rings (SSSR count). The van der Waals surface area contributed by atoms with Gasteiger partial charge in [-0.05, 0) is 24.6 Å². The lowest BCUT2D eigenvalue weighted by Crippen LogP contribution is -2.44. The van der Waals surface area contributed by atoms with Gasteiger partial charge in [0.05, 0.1) is 0 Å². The Bertz CT molecular complexity index is 392. The normalized spacial score (nSPS) is 17.3. The van der Waals surface area contributed by atoms with Crippen molar-refractivity contribution in [2.45, 2.75) is 6.82 Å². The molecule has 17 heavy (non-hydrogen) atoms. The Labute approximate surface area is 112 Å². The van der Waals surface area contributed by atoms with Crippen molar-refractivity contribution >= 4 is 34.0 Å². The van der Waals surface area contributed by atoms with Gasteiger partial charge in [0.1, 0.15) is 0 Å². The Hall–Kier alpha value is -0.515. The number of anilines is 1. The first-order chi connectivity index (χ1) is 8.06. The highest BCUT2D eigenvalue weighted by Gasteiger charge is 2.16. The highest BCUT2D eigenvalue weighted by Crippen LogP contribution is 2.20. The fourth-order valence-corrected chi connectivity index (χ4v) is 2.58. The molecule has 5 heteroatoms. The molecular formula is C12H18BBrN2O. The van der Waals surface area contributed by atoms with E-state index in [0.717, 1.165) is 36.1 Å². The number of rotatable bonds is 2. The summed E-state index contributed by atoms with van der Waals surface area (Å²) in [7, 11) is 2.15. The standard InChI is InChI=1S/C12H18BBrN2O/c1-13(17)10-7-11(14)9-12(8-10)16-5-3-15(2)4-6-16/h7-9,17H,3-6H2,1-2H3. The number of hydrogen-bond acceptors (Lipinski definition) is 3. The molecule has 1 N–H and O–H groups in total. The number of nitrogens with zero attached hydrogens (tertiary/aromatic N) is 2. The van der Waals surface area contributed by atoms with Gasteiger partial charge in [-0.2, -0.15) is 0 Å². The molecule has 1 saturated heterocycles. The van der Waals surface area contributed by atoms with Gasteiger partial charge in [0.2, 0.25) is 0 Å². The number of benzene rings is 1. The van der Waals surface area contributed by atoms with Crippen LogP contribution in [0.25, 0.3) is 0 Å². The van der Waals surface area contributed by atoms with Crippen molar-refractivity contribution in [3.05, 3.63) is 22.7 Å². The first-order valence-electron chi connectivity index (χ1n) is 5.98. The molecule has 0 saturated carbocycles. The van der Waals surface area contributed by atoms with Crippen molar-refractivity contribution in [2.24, 2.45) is 0 Å². The molecule has 1 aliphatic heterocycles. The third-order valence-electron chi connectivity index (χ3n) is 3.26. The maximum Gasteiger partial charge on any atom is 0.320 e. The SMILES string of the molecule is CB(O)c1cc(Br)cc(N2CCN(C)CC2)c1. The van der Waals surface area contributed by atoms with Crippen LogP contribution < -0.4 is 10.4 Å². The predicted molar refractivity (Wildman–Crippen MR) is 77.3 cm³/mol. The number of piperazine rings is 1. The average Bonchev–Trinajstić information content (AvgIpc) is 2.29. The summed E-state index contributed by atoms with van der Waals surface area (Å²) < 4.78 is 1.03. The van der Waals surface area contributed by atoms with Gasteiger partial charge in [-0.3, -0.25) is 0 Å². The molecular weight excluding hydrogens is 279 g/mol. The quantitative estimate of drug-likeness (QED) is 0.826. The van der Waals surface area contributed by atoms with E-state index in [1.54, 1.807) is 6.82 Å². The summed E-state index contributed by atoms with van der Waals surface area (Å²) in [6.07, 6.45) is 0. The highest BCUT2D eigenvalue weighted by atomic mass is 79.9. The van der Waals surface area contributed by atoms with E-state index in [9.17, 15) is 5.02 Å². The van der Waals surface area contributed by atoms with Gasteiger partial charge in [0.25, 0.3) is 0 Å². The van der Waals surface area contributed by atoms with Crippen LogP contribution in [0, 0.1) is 0 Å². The van der Waals surface area contributed by atoms with E-state index in [4.69, 9.17) is 0 Å². The van der Waals surface area contributed by atoms with Crippen molar-refractivity contribution in [2.75, 3.05) is 38.1 Å². The third-order valence-corrected chi connectivity index (χ3v) is 3.71. The van der Waals surface area contributed by atoms with Gasteiger partial charge >= 0.3 is 6.92 Å². The fourth-order valence-electron chi connectivity index (χ4n) is 2.08. The van der Waals surface area contributed by atoms with Crippen molar-refractivity contribution in [1.29, 1.82) is 0 Å². The van der Waals surface area contributed by atoms with Crippen LogP contribution in [0.15, 0.2) is 22.7 Å². The molecule has 1 heterocycles. The summed E-state index contributed by atoms with van der Waals surface area (Å²) >= 11 is 3.51. The van der Waals surface area contributed by atoms with E-state index in [1.807, 2.05) is 6.07 Å². The zero-order valence-corrected chi connectivity index (χ0v) is 11.9. The summed E-state index contributed by atoms with van der Waals surface area (Å²) in [6, 6.07) is 6.18. The molecule has 0 spiro atoms. The van der Waals surface area contributed by atoms with Crippen molar-refractivity contribution in [3.63, 3.8) is 0 Å². The Morgan fingerprint density at radius 3 is 2.41 bits per heavy atom. The molecule has 0 atom stereocenters. The molecule has 0 aliphatic carbocycles. The number of likely N-dealkylation sites (N-methyl/N-ethyl adjacent to an activating group) is 1. The van der Waals surface area contributed by atoms with Crippen LogP contribution in [-0.2, 0) is 0 Å². The first kappa shape index (κ1) is 12.9. The van der Waals surface area contributed by atoms with Crippen LogP contribution >= 0.6 is 15.9 Å². The zero-order chi connectivity index (χ0) is 12.4. The Morgan fingerprint density at radius 1 is 1.18 bits per heavy atom. The molecule has 92 valence electrons. The molecule has 3 nitrogen and oxygen atoms in total. The minimum atomic E-state index is -0.418. The van der Waals surface area contributed by atoms with E-state index in [2.05, 4.69) is 44.9 Å². The minimum Gasteiger partial charge on any atom is -0.446 e. The number of hydrogen-bond donors (Lipinski definition) is 1. The van der Waals surface area contributed by atoms with Crippen LogP contribution in [0.5, 0.6) is 0 Å². The second-order valence-electron chi connectivity index (χ2n) is 4.71. The summed E-state index contributed by atoms with van der Waals surface area (Å²) in [4.78, 5) is 4.71. The highest BCUT2D eigenvalue weighted by molar-refractivity contribution is 9.10. The minimum absolute atomic E-state index is 0.418. The largest absolute Gasteiger partial charge is 0.446 e. The second kappa shape index (κ2) is 5.42. The summed E-state index contributed by atoms with van der Waals surface area (Å²) in [5.74, 6) is 0. The summed E-state index contributed by atoms with van der Waals surface area (Å²) in [6.45, 7) is 5.67. The summed E-state index contributed by atoms with van der Waals surface area (Å²) in [5, 5.41) is 9.67. The molecule has 1 aromatic rings. The van der Waals surface area contributed by atoms with Gasteiger partial charge in [-0.25, -0.2) is 0 Å². The molecule has 0 unspecified atom stereocenters. The maximum absolute atomic E-state index is 9.67. The molecule has 0 radical (unpaired) electrons. The predicted octanol–water partition coefficient (Wildman–Crippen LogP) is 1.02. The van der Waals surface area contributed by atoms with Crippen LogP contribution in [0.4, 0.5) is 5.69 Å². The fraction of sp³-hybridized carbons (Fsp3) is 0.500. The number of halogens is 1. The van der Waals surface area contributed by atoms with Gasteiger partial charge in [-0.15, -0.1) is 0 Å². The van der Waals surface area contributed by atoms with E-state index < -0.39 is 6.92 Å². The van der Waals surface area contributed by atoms with E-state index in [-0.39, 0.29) is 0 Å². The van der Waals surface area contributed by atoms with Crippen molar-refractivity contribution in [1.82, 2.24) is 4.90 Å². The van der Waals surface area contributed by atoms with Crippen LogP contribution in [-0.4, -0.2) is 50.1 Å². The average molecular weight is 297 g/mol. The van der Waals surface area contributed by atoms with E-state index >= 15 is 0 Å². The Morgan fingerprint density at radius 2 is 1.82 bits per heavy atom. The Kier molecular flexibility index (Phi) is 4.12. The third kappa shape index (κ3) is 3.24. The topological polar surface area (TPSA) is 26.7 Å². The first-order valence-corrected chi connectivity index (χ1v) is 6.77. The van der Waals surface area contributed by atoms with Gasteiger partial charge < -0.3 is 14.8 Å². The van der Waals surface area contributed by atoms with Gasteiger partial charge in [0.15, 0.2) is 0 Å². The monoisotopic (exact) mass is 296 g/mol. The molecule has 0 amide bonds. The summed E-state index contributed by atoms with van der Waals surface area (Å²) in [5.41, 5.74) is 2.16. The lowest BCUT2D eigenvalue weighted by Gasteiger charge is -2.34. The maximum atomic E-state index is 9.67. The van der Waals surface area contributed by atoms with Crippen LogP contribution in [0.2, 0.25) is 6.82 Å². The van der Waals surface area contributed by atoms with Gasteiger partial charge in [-0.1, -0.05) is 28.8 Å². The van der Waals surface area contributed by atoms with Gasteiger partial charge in [0, 0.05) is 36.3 Å². The molecule has 1 aromatic carbocycles. The molecule has 0 bridgehead atoms. The smallest absolute Gasteiger partial charge is 0.320 e. The lowest BCUT2D eigenvalue weighted by molar-refractivity contribution is 0.313. The van der Waals surface area contributed by atoms with Crippen molar-refractivity contribution < 1.29 is 5.02 Å². The second-order valence-corrected chi connectivity index (χ2v) is 5.62. The lowest BCUT2D eigenvalue weighted by atomic mass is 9.64. The van der Waals surface area contributed by atoms with E-state index in [0.29, 0.717) is 0 Å². The van der Waals surface area contributed by atoms with E-state index in [1.165, 1.54) is 5.69 Å².